The quantitative estimate of drug-likeness (QED) is 0.562. The topological polar surface area (TPSA) is 73.3 Å². The summed E-state index contributed by atoms with van der Waals surface area (Å²) in [7, 11) is 1.62. The van der Waals surface area contributed by atoms with E-state index in [1.807, 2.05) is 24.3 Å². The van der Waals surface area contributed by atoms with E-state index in [4.69, 9.17) is 9.47 Å². The van der Waals surface area contributed by atoms with Crippen molar-refractivity contribution >= 4 is 5.91 Å². The van der Waals surface area contributed by atoms with Crippen LogP contribution in [0.15, 0.2) is 60.7 Å². The van der Waals surface area contributed by atoms with Crippen LogP contribution >= 0.6 is 0 Å². The molecule has 1 N–H and O–H groups in total. The van der Waals surface area contributed by atoms with Crippen molar-refractivity contribution in [3.05, 3.63) is 72.0 Å². The van der Waals surface area contributed by atoms with Gasteiger partial charge in [0.15, 0.2) is 0 Å². The molecule has 2 aromatic carbocycles. The lowest BCUT2D eigenvalue weighted by atomic mass is 10.1. The van der Waals surface area contributed by atoms with Gasteiger partial charge in [0.2, 0.25) is 11.8 Å². The van der Waals surface area contributed by atoms with Crippen LogP contribution < -0.4 is 14.8 Å². The van der Waals surface area contributed by atoms with Gasteiger partial charge in [0.05, 0.1) is 19.3 Å². The van der Waals surface area contributed by atoms with Gasteiger partial charge in [-0.25, -0.2) is 4.39 Å². The first-order chi connectivity index (χ1) is 14.1. The third-order valence-electron chi connectivity index (χ3n) is 4.25. The third kappa shape index (κ3) is 6.27. The normalized spacial score (nSPS) is 10.4. The van der Waals surface area contributed by atoms with E-state index >= 15 is 0 Å². The van der Waals surface area contributed by atoms with E-state index in [0.717, 1.165) is 16.9 Å². The predicted octanol–water partition coefficient (Wildman–Crippen LogP) is 3.42. The van der Waals surface area contributed by atoms with Crippen molar-refractivity contribution in [1.82, 2.24) is 15.5 Å². The number of amides is 1. The minimum absolute atomic E-state index is 0.0397. The fraction of sp³-hybridized carbons (Fsp3) is 0.227. The van der Waals surface area contributed by atoms with Gasteiger partial charge in [-0.15, -0.1) is 10.2 Å². The summed E-state index contributed by atoms with van der Waals surface area (Å²) in [5, 5.41) is 10.9. The Bertz CT molecular complexity index is 914. The van der Waals surface area contributed by atoms with Gasteiger partial charge in [-0.1, -0.05) is 12.1 Å². The molecule has 3 rings (SSSR count). The molecule has 0 saturated heterocycles. The molecule has 1 amide bonds. The SMILES string of the molecule is COc1ccc(CCC(=O)NCCOc2ccc(-c3ccc(F)cc3)nn2)cc1. The summed E-state index contributed by atoms with van der Waals surface area (Å²) < 4.78 is 23.6. The summed E-state index contributed by atoms with van der Waals surface area (Å²) >= 11 is 0. The number of methoxy groups -OCH3 is 1. The lowest BCUT2D eigenvalue weighted by Crippen LogP contribution is -2.28. The van der Waals surface area contributed by atoms with E-state index in [9.17, 15) is 9.18 Å². The zero-order valence-corrected chi connectivity index (χ0v) is 16.1. The smallest absolute Gasteiger partial charge is 0.233 e. The maximum Gasteiger partial charge on any atom is 0.233 e. The molecule has 29 heavy (non-hydrogen) atoms. The molecule has 0 atom stereocenters. The van der Waals surface area contributed by atoms with Crippen molar-refractivity contribution in [2.45, 2.75) is 12.8 Å². The summed E-state index contributed by atoms with van der Waals surface area (Å²) in [6, 6.07) is 17.1. The van der Waals surface area contributed by atoms with Crippen molar-refractivity contribution in [3.8, 4) is 22.9 Å². The van der Waals surface area contributed by atoms with Crippen LogP contribution in [0.4, 0.5) is 4.39 Å². The average molecular weight is 395 g/mol. The Labute approximate surface area is 168 Å². The molecular formula is C22H22FN3O3. The van der Waals surface area contributed by atoms with Gasteiger partial charge in [0.1, 0.15) is 18.2 Å². The van der Waals surface area contributed by atoms with Crippen LogP contribution in [0.25, 0.3) is 11.3 Å². The summed E-state index contributed by atoms with van der Waals surface area (Å²) in [6.07, 6.45) is 1.06. The molecule has 6 nitrogen and oxygen atoms in total. The molecule has 0 radical (unpaired) electrons. The van der Waals surface area contributed by atoms with E-state index in [1.54, 1.807) is 31.4 Å². The molecule has 7 heteroatoms. The number of nitrogens with one attached hydrogen (secondary N) is 1. The zero-order chi connectivity index (χ0) is 20.5. The number of hydrogen-bond acceptors (Lipinski definition) is 5. The minimum atomic E-state index is -0.298. The van der Waals surface area contributed by atoms with Crippen LogP contribution in [0, 0.1) is 5.82 Å². The van der Waals surface area contributed by atoms with Crippen LogP contribution in [0.1, 0.15) is 12.0 Å². The Morgan fingerprint density at radius 2 is 1.76 bits per heavy atom. The minimum Gasteiger partial charge on any atom is -0.497 e. The van der Waals surface area contributed by atoms with E-state index in [1.165, 1.54) is 12.1 Å². The third-order valence-corrected chi connectivity index (χ3v) is 4.25. The Balaban J connectivity index is 1.36. The first kappa shape index (κ1) is 20.3. The van der Waals surface area contributed by atoms with Crippen molar-refractivity contribution in [1.29, 1.82) is 0 Å². The molecule has 0 aliphatic carbocycles. The Hall–Kier alpha value is -3.48. The second-order valence-corrected chi connectivity index (χ2v) is 6.31. The van der Waals surface area contributed by atoms with Gasteiger partial charge in [0.25, 0.3) is 0 Å². The number of rotatable bonds is 9. The molecular weight excluding hydrogens is 373 g/mol. The van der Waals surface area contributed by atoms with Gasteiger partial charge >= 0.3 is 0 Å². The first-order valence-electron chi connectivity index (χ1n) is 9.26. The van der Waals surface area contributed by atoms with Crippen molar-refractivity contribution in [3.63, 3.8) is 0 Å². The Kier molecular flexibility index (Phi) is 7.10. The molecule has 1 heterocycles. The highest BCUT2D eigenvalue weighted by molar-refractivity contribution is 5.76. The number of benzene rings is 2. The number of hydrogen-bond donors (Lipinski definition) is 1. The largest absolute Gasteiger partial charge is 0.497 e. The molecule has 1 aromatic heterocycles. The molecule has 0 aliphatic rings. The number of halogens is 1. The summed E-state index contributed by atoms with van der Waals surface area (Å²) in [6.45, 7) is 0.668. The number of carbonyl (C=O) groups is 1. The van der Waals surface area contributed by atoms with Crippen molar-refractivity contribution < 1.29 is 18.7 Å². The zero-order valence-electron chi connectivity index (χ0n) is 16.1. The summed E-state index contributed by atoms with van der Waals surface area (Å²) in [4.78, 5) is 11.9. The van der Waals surface area contributed by atoms with Gasteiger partial charge in [-0.05, 0) is 54.4 Å². The number of aryl methyl sites for hydroxylation is 1. The second-order valence-electron chi connectivity index (χ2n) is 6.31. The molecule has 0 spiro atoms. The maximum atomic E-state index is 13.0. The van der Waals surface area contributed by atoms with Crippen LogP contribution in [-0.4, -0.2) is 36.4 Å². The summed E-state index contributed by atoms with van der Waals surface area (Å²) in [5.41, 5.74) is 2.48. The van der Waals surface area contributed by atoms with Gasteiger partial charge < -0.3 is 14.8 Å². The van der Waals surface area contributed by atoms with Gasteiger partial charge in [-0.2, -0.15) is 0 Å². The van der Waals surface area contributed by atoms with Crippen LogP contribution in [0.3, 0.4) is 0 Å². The van der Waals surface area contributed by atoms with E-state index in [2.05, 4.69) is 15.5 Å². The molecule has 0 bridgehead atoms. The highest BCUT2D eigenvalue weighted by Crippen LogP contribution is 2.18. The maximum absolute atomic E-state index is 13.0. The Morgan fingerprint density at radius 3 is 2.41 bits per heavy atom. The molecule has 0 aliphatic heterocycles. The molecule has 3 aromatic rings. The molecule has 0 fully saturated rings. The van der Waals surface area contributed by atoms with Gasteiger partial charge in [0, 0.05) is 18.1 Å². The first-order valence-corrected chi connectivity index (χ1v) is 9.26. The number of aromatic nitrogens is 2. The van der Waals surface area contributed by atoms with E-state index in [0.29, 0.717) is 37.6 Å². The number of ether oxygens (including phenoxy) is 2. The van der Waals surface area contributed by atoms with Crippen LogP contribution in [0.2, 0.25) is 0 Å². The van der Waals surface area contributed by atoms with Crippen molar-refractivity contribution in [2.24, 2.45) is 0 Å². The standard InChI is InChI=1S/C22H22FN3O3/c1-28-19-9-2-16(3-10-19)4-12-21(27)24-14-15-29-22-13-11-20(25-26-22)17-5-7-18(23)8-6-17/h2-3,5-11,13H,4,12,14-15H2,1H3,(H,24,27). The average Bonchev–Trinajstić information content (AvgIpc) is 2.76. The monoisotopic (exact) mass is 395 g/mol. The number of carbonyl (C=O) groups excluding carboxylic acids is 1. The summed E-state index contributed by atoms with van der Waals surface area (Å²) in [5.74, 6) is 0.822. The van der Waals surface area contributed by atoms with E-state index < -0.39 is 0 Å². The second kappa shape index (κ2) is 10.2. The van der Waals surface area contributed by atoms with Gasteiger partial charge in [-0.3, -0.25) is 4.79 Å². The molecule has 150 valence electrons. The lowest BCUT2D eigenvalue weighted by molar-refractivity contribution is -0.121. The number of nitrogens with zero attached hydrogens (tertiary/aromatic N) is 2. The van der Waals surface area contributed by atoms with E-state index in [-0.39, 0.29) is 11.7 Å². The molecule has 0 saturated carbocycles. The fourth-order valence-corrected chi connectivity index (χ4v) is 2.66. The Morgan fingerprint density at radius 1 is 1.00 bits per heavy atom. The molecule has 0 unspecified atom stereocenters. The highest BCUT2D eigenvalue weighted by Gasteiger charge is 2.04. The van der Waals surface area contributed by atoms with Crippen LogP contribution in [-0.2, 0) is 11.2 Å². The fourth-order valence-electron chi connectivity index (χ4n) is 2.66. The van der Waals surface area contributed by atoms with Crippen molar-refractivity contribution in [2.75, 3.05) is 20.3 Å². The highest BCUT2D eigenvalue weighted by atomic mass is 19.1. The predicted molar refractivity (Wildman–Crippen MR) is 107 cm³/mol. The lowest BCUT2D eigenvalue weighted by Gasteiger charge is -2.08. The van der Waals surface area contributed by atoms with Crippen LogP contribution in [0.5, 0.6) is 11.6 Å².